The molecule has 0 aromatic carbocycles. The van der Waals surface area contributed by atoms with E-state index in [9.17, 15) is 0 Å². The van der Waals surface area contributed by atoms with Crippen molar-refractivity contribution < 1.29 is 0 Å². The number of nitrogens with one attached hydrogen (secondary N) is 2. The zero-order valence-electron chi connectivity index (χ0n) is 10.3. The minimum Gasteiger partial charge on any atom is -0.372 e. The molecule has 4 heteroatoms. The number of hydrogen-bond acceptors (Lipinski definition) is 2. The van der Waals surface area contributed by atoms with Crippen LogP contribution in [0.3, 0.4) is 0 Å². The molecule has 2 aromatic rings. The number of H-pyrrole nitrogens is 1. The van der Waals surface area contributed by atoms with E-state index >= 15 is 0 Å². The van der Waals surface area contributed by atoms with E-state index in [1.165, 1.54) is 0 Å². The monoisotopic (exact) mass is 251 g/mol. The van der Waals surface area contributed by atoms with Gasteiger partial charge in [-0.25, -0.2) is 0 Å². The number of anilines is 1. The summed E-state index contributed by atoms with van der Waals surface area (Å²) in [5, 5.41) is 5.11. The van der Waals surface area contributed by atoms with Crippen molar-refractivity contribution in [2.45, 2.75) is 33.1 Å². The molecule has 0 saturated carbocycles. The SMILES string of the molecule is CCCNc1cc2c(Cl)cnc(CCC)c2[nH]1. The molecule has 0 radical (unpaired) electrons. The maximum atomic E-state index is 6.17. The van der Waals surface area contributed by atoms with Gasteiger partial charge in [0, 0.05) is 18.1 Å². The van der Waals surface area contributed by atoms with Gasteiger partial charge < -0.3 is 10.3 Å². The van der Waals surface area contributed by atoms with E-state index in [1.54, 1.807) is 6.20 Å². The molecular weight excluding hydrogens is 234 g/mol. The van der Waals surface area contributed by atoms with Crippen LogP contribution in [0.25, 0.3) is 10.9 Å². The van der Waals surface area contributed by atoms with Crippen molar-refractivity contribution in [3.05, 3.63) is 23.0 Å². The third-order valence-electron chi connectivity index (χ3n) is 2.75. The number of rotatable bonds is 5. The van der Waals surface area contributed by atoms with Crippen LogP contribution in [0.1, 0.15) is 32.4 Å². The lowest BCUT2D eigenvalue weighted by Gasteiger charge is -2.01. The molecule has 0 amide bonds. The molecule has 2 aromatic heterocycles. The number of pyridine rings is 1. The molecule has 0 bridgehead atoms. The van der Waals surface area contributed by atoms with Gasteiger partial charge in [0.05, 0.1) is 16.2 Å². The molecule has 0 aliphatic heterocycles. The fourth-order valence-corrected chi connectivity index (χ4v) is 2.12. The van der Waals surface area contributed by atoms with E-state index in [0.717, 1.165) is 48.2 Å². The Labute approximate surface area is 107 Å². The smallest absolute Gasteiger partial charge is 0.104 e. The number of halogens is 1. The summed E-state index contributed by atoms with van der Waals surface area (Å²) in [4.78, 5) is 7.77. The maximum Gasteiger partial charge on any atom is 0.104 e. The van der Waals surface area contributed by atoms with Crippen LogP contribution in [0.5, 0.6) is 0 Å². The molecule has 0 saturated heterocycles. The van der Waals surface area contributed by atoms with Gasteiger partial charge in [-0.15, -0.1) is 0 Å². The zero-order chi connectivity index (χ0) is 12.3. The van der Waals surface area contributed by atoms with Crippen molar-refractivity contribution in [3.8, 4) is 0 Å². The first-order valence-electron chi connectivity index (χ1n) is 6.16. The fourth-order valence-electron chi connectivity index (χ4n) is 1.92. The first kappa shape index (κ1) is 12.2. The van der Waals surface area contributed by atoms with Crippen molar-refractivity contribution in [1.82, 2.24) is 9.97 Å². The highest BCUT2D eigenvalue weighted by atomic mass is 35.5. The normalized spacial score (nSPS) is 11.0. The Morgan fingerprint density at radius 1 is 1.35 bits per heavy atom. The Morgan fingerprint density at radius 3 is 2.88 bits per heavy atom. The van der Waals surface area contributed by atoms with Crippen molar-refractivity contribution in [2.24, 2.45) is 0 Å². The van der Waals surface area contributed by atoms with E-state index in [0.29, 0.717) is 5.02 Å². The topological polar surface area (TPSA) is 40.7 Å². The molecule has 0 fully saturated rings. The Kier molecular flexibility index (Phi) is 3.89. The average molecular weight is 252 g/mol. The van der Waals surface area contributed by atoms with Gasteiger partial charge in [-0.1, -0.05) is 31.9 Å². The fraction of sp³-hybridized carbons (Fsp3) is 0.462. The van der Waals surface area contributed by atoms with Gasteiger partial charge in [-0.05, 0) is 18.9 Å². The molecule has 0 aliphatic carbocycles. The number of hydrogen-bond donors (Lipinski definition) is 2. The third kappa shape index (κ3) is 2.55. The summed E-state index contributed by atoms with van der Waals surface area (Å²) in [7, 11) is 0. The number of aromatic nitrogens is 2. The van der Waals surface area contributed by atoms with Crippen LogP contribution < -0.4 is 5.32 Å². The second-order valence-electron chi connectivity index (χ2n) is 4.20. The van der Waals surface area contributed by atoms with E-state index < -0.39 is 0 Å². The van der Waals surface area contributed by atoms with Crippen molar-refractivity contribution >= 4 is 28.3 Å². The summed E-state index contributed by atoms with van der Waals surface area (Å²) in [5.74, 6) is 1.02. The molecule has 2 N–H and O–H groups in total. The zero-order valence-corrected chi connectivity index (χ0v) is 11.1. The Balaban J connectivity index is 2.42. The molecule has 2 heterocycles. The molecule has 17 heavy (non-hydrogen) atoms. The van der Waals surface area contributed by atoms with Gasteiger partial charge in [0.2, 0.25) is 0 Å². The molecule has 2 rings (SSSR count). The van der Waals surface area contributed by atoms with Crippen molar-refractivity contribution in [3.63, 3.8) is 0 Å². The van der Waals surface area contributed by atoms with Gasteiger partial charge in [0.25, 0.3) is 0 Å². The minimum atomic E-state index is 0.709. The van der Waals surface area contributed by atoms with Crippen LogP contribution in [0.4, 0.5) is 5.82 Å². The lowest BCUT2D eigenvalue weighted by molar-refractivity contribution is 0.890. The van der Waals surface area contributed by atoms with Gasteiger partial charge in [-0.3, -0.25) is 4.98 Å². The number of fused-ring (bicyclic) bond motifs is 1. The van der Waals surface area contributed by atoms with Gasteiger partial charge in [-0.2, -0.15) is 0 Å². The summed E-state index contributed by atoms with van der Waals surface area (Å²) in [5.41, 5.74) is 2.16. The van der Waals surface area contributed by atoms with Crippen LogP contribution >= 0.6 is 11.6 Å². The second-order valence-corrected chi connectivity index (χ2v) is 4.61. The Hall–Kier alpha value is -1.22. The molecule has 92 valence electrons. The summed E-state index contributed by atoms with van der Waals surface area (Å²) in [6.45, 7) is 5.26. The van der Waals surface area contributed by atoms with Crippen molar-refractivity contribution in [1.29, 1.82) is 0 Å². The van der Waals surface area contributed by atoms with Crippen LogP contribution in [0.15, 0.2) is 12.3 Å². The molecule has 0 unspecified atom stereocenters. The van der Waals surface area contributed by atoms with E-state index in [1.807, 2.05) is 0 Å². The first-order valence-corrected chi connectivity index (χ1v) is 6.54. The average Bonchev–Trinajstić information content (AvgIpc) is 2.75. The molecule has 0 spiro atoms. The highest BCUT2D eigenvalue weighted by molar-refractivity contribution is 6.35. The van der Waals surface area contributed by atoms with Crippen LogP contribution in [-0.4, -0.2) is 16.5 Å². The van der Waals surface area contributed by atoms with E-state index in [4.69, 9.17) is 11.6 Å². The highest BCUT2D eigenvalue weighted by Gasteiger charge is 2.09. The summed E-state index contributed by atoms with van der Waals surface area (Å²) in [6.07, 6.45) is 4.90. The maximum absolute atomic E-state index is 6.17. The number of aromatic amines is 1. The van der Waals surface area contributed by atoms with E-state index in [-0.39, 0.29) is 0 Å². The summed E-state index contributed by atoms with van der Waals surface area (Å²) >= 11 is 6.17. The van der Waals surface area contributed by atoms with Crippen LogP contribution in [0, 0.1) is 0 Å². The Bertz CT molecular complexity index is 505. The number of aryl methyl sites for hydroxylation is 1. The highest BCUT2D eigenvalue weighted by Crippen LogP contribution is 2.28. The summed E-state index contributed by atoms with van der Waals surface area (Å²) < 4.78 is 0. The van der Waals surface area contributed by atoms with Gasteiger partial charge in [0.15, 0.2) is 0 Å². The largest absolute Gasteiger partial charge is 0.372 e. The van der Waals surface area contributed by atoms with Gasteiger partial charge in [0.1, 0.15) is 5.82 Å². The molecule has 0 aliphatic rings. The molecular formula is C13H18ClN3. The lowest BCUT2D eigenvalue weighted by Crippen LogP contribution is -1.99. The summed E-state index contributed by atoms with van der Waals surface area (Å²) in [6, 6.07) is 2.06. The quantitative estimate of drug-likeness (QED) is 0.844. The second kappa shape index (κ2) is 5.41. The Morgan fingerprint density at radius 2 is 2.18 bits per heavy atom. The van der Waals surface area contributed by atoms with E-state index in [2.05, 4.69) is 35.2 Å². The lowest BCUT2D eigenvalue weighted by atomic mass is 10.2. The van der Waals surface area contributed by atoms with Crippen molar-refractivity contribution in [2.75, 3.05) is 11.9 Å². The minimum absolute atomic E-state index is 0.709. The van der Waals surface area contributed by atoms with Gasteiger partial charge >= 0.3 is 0 Å². The third-order valence-corrected chi connectivity index (χ3v) is 3.05. The predicted molar refractivity (Wildman–Crippen MR) is 73.9 cm³/mol. The number of nitrogens with zero attached hydrogens (tertiary/aromatic N) is 1. The van der Waals surface area contributed by atoms with Crippen LogP contribution in [0.2, 0.25) is 5.02 Å². The predicted octanol–water partition coefficient (Wildman–Crippen LogP) is 3.99. The standard InChI is InChI=1S/C13H18ClN3/c1-3-5-11-13-9(10(14)8-16-11)7-12(17-13)15-6-4-2/h7-8,15,17H,3-6H2,1-2H3. The molecule has 0 atom stereocenters. The van der Waals surface area contributed by atoms with Crippen LogP contribution in [-0.2, 0) is 6.42 Å². The molecule has 3 nitrogen and oxygen atoms in total. The first-order chi connectivity index (χ1) is 8.26.